The molecule has 0 aliphatic carbocycles. The van der Waals surface area contributed by atoms with Crippen LogP contribution in [0.1, 0.15) is 11.1 Å². The van der Waals surface area contributed by atoms with Gasteiger partial charge in [-0.3, -0.25) is 9.59 Å². The summed E-state index contributed by atoms with van der Waals surface area (Å²) in [5.41, 5.74) is 2.17. The first-order valence-electron chi connectivity index (χ1n) is 7.78. The van der Waals surface area contributed by atoms with Crippen LogP contribution in [0.2, 0.25) is 0 Å². The highest BCUT2D eigenvalue weighted by Crippen LogP contribution is 2.10. The van der Waals surface area contributed by atoms with Crippen LogP contribution in [-0.2, 0) is 16.1 Å². The van der Waals surface area contributed by atoms with Crippen LogP contribution >= 0.6 is 0 Å². The first-order valence-corrected chi connectivity index (χ1v) is 7.78. The van der Waals surface area contributed by atoms with Gasteiger partial charge in [0.25, 0.3) is 5.91 Å². The van der Waals surface area contributed by atoms with Gasteiger partial charge >= 0.3 is 0 Å². The fourth-order valence-corrected chi connectivity index (χ4v) is 2.09. The third-order valence-electron chi connectivity index (χ3n) is 3.52. The summed E-state index contributed by atoms with van der Waals surface area (Å²) in [5.74, 6) is 0.155. The van der Waals surface area contributed by atoms with E-state index in [1.54, 1.807) is 24.1 Å². The van der Waals surface area contributed by atoms with Gasteiger partial charge in [-0.1, -0.05) is 48.0 Å². The number of likely N-dealkylation sites (N-methyl/N-ethyl adjacent to an activating group) is 1. The molecule has 126 valence electrons. The van der Waals surface area contributed by atoms with Gasteiger partial charge in [-0.25, -0.2) is 0 Å². The van der Waals surface area contributed by atoms with E-state index in [0.29, 0.717) is 12.3 Å². The molecule has 0 aliphatic rings. The van der Waals surface area contributed by atoms with Crippen molar-refractivity contribution >= 4 is 11.8 Å². The molecule has 0 unspecified atom stereocenters. The van der Waals surface area contributed by atoms with Crippen LogP contribution in [0.3, 0.4) is 0 Å². The van der Waals surface area contributed by atoms with Gasteiger partial charge in [0, 0.05) is 13.6 Å². The molecule has 5 nitrogen and oxygen atoms in total. The minimum atomic E-state index is -0.322. The number of carbonyl (C=O) groups is 2. The molecule has 0 fully saturated rings. The monoisotopic (exact) mass is 326 g/mol. The minimum absolute atomic E-state index is 0.0422. The molecule has 0 atom stereocenters. The summed E-state index contributed by atoms with van der Waals surface area (Å²) < 4.78 is 5.37. The fraction of sp³-hybridized carbons (Fsp3) is 0.263. The van der Waals surface area contributed by atoms with E-state index in [0.717, 1.165) is 11.1 Å². The van der Waals surface area contributed by atoms with Gasteiger partial charge in [0.05, 0.1) is 6.54 Å². The second-order valence-corrected chi connectivity index (χ2v) is 5.61. The maximum Gasteiger partial charge on any atom is 0.258 e. The lowest BCUT2D eigenvalue weighted by atomic mass is 10.2. The maximum absolute atomic E-state index is 12.0. The first kappa shape index (κ1) is 17.5. The molecule has 0 radical (unpaired) electrons. The molecule has 2 rings (SSSR count). The molecule has 2 aromatic carbocycles. The van der Waals surface area contributed by atoms with Crippen molar-refractivity contribution in [1.82, 2.24) is 10.2 Å². The van der Waals surface area contributed by atoms with Crippen molar-refractivity contribution in [3.8, 4) is 5.75 Å². The molecule has 2 amide bonds. The summed E-state index contributed by atoms with van der Waals surface area (Å²) in [6.07, 6.45) is 0. The van der Waals surface area contributed by atoms with Crippen molar-refractivity contribution in [3.05, 3.63) is 65.7 Å². The number of hydrogen-bond donors (Lipinski definition) is 1. The highest BCUT2D eigenvalue weighted by Gasteiger charge is 2.11. The molecule has 24 heavy (non-hydrogen) atoms. The number of ether oxygens (including phenoxy) is 1. The Morgan fingerprint density at radius 1 is 1.04 bits per heavy atom. The van der Waals surface area contributed by atoms with Gasteiger partial charge in [0.2, 0.25) is 5.91 Å². The first-order chi connectivity index (χ1) is 11.5. The molecule has 0 aliphatic heterocycles. The van der Waals surface area contributed by atoms with Crippen LogP contribution in [0.15, 0.2) is 54.6 Å². The Kier molecular flexibility index (Phi) is 6.37. The lowest BCUT2D eigenvalue weighted by molar-refractivity contribution is -0.132. The smallest absolute Gasteiger partial charge is 0.258 e. The van der Waals surface area contributed by atoms with Crippen molar-refractivity contribution in [3.63, 3.8) is 0 Å². The number of hydrogen-bond acceptors (Lipinski definition) is 3. The molecule has 0 bridgehead atoms. The van der Waals surface area contributed by atoms with E-state index in [2.05, 4.69) is 5.32 Å². The van der Waals surface area contributed by atoms with E-state index in [1.807, 2.05) is 49.4 Å². The minimum Gasteiger partial charge on any atom is -0.484 e. The zero-order chi connectivity index (χ0) is 17.4. The second-order valence-electron chi connectivity index (χ2n) is 5.61. The van der Waals surface area contributed by atoms with Crippen LogP contribution in [0.4, 0.5) is 0 Å². The summed E-state index contributed by atoms with van der Waals surface area (Å²) in [7, 11) is 1.71. The van der Waals surface area contributed by atoms with Crippen molar-refractivity contribution < 1.29 is 14.3 Å². The average Bonchev–Trinajstić information content (AvgIpc) is 2.60. The molecule has 0 heterocycles. The number of amides is 2. The third kappa shape index (κ3) is 5.76. The zero-order valence-electron chi connectivity index (χ0n) is 14.0. The topological polar surface area (TPSA) is 58.6 Å². The van der Waals surface area contributed by atoms with Crippen molar-refractivity contribution in [2.45, 2.75) is 13.5 Å². The largest absolute Gasteiger partial charge is 0.484 e. The van der Waals surface area contributed by atoms with E-state index < -0.39 is 0 Å². The Bertz CT molecular complexity index is 669. The summed E-state index contributed by atoms with van der Waals surface area (Å²) in [5, 5.41) is 2.58. The number of nitrogens with zero attached hydrogens (tertiary/aromatic N) is 1. The SMILES string of the molecule is Cc1ccc(OCC(=O)NCC(=O)N(C)Cc2ccccc2)cc1. The Morgan fingerprint density at radius 2 is 1.71 bits per heavy atom. The van der Waals surface area contributed by atoms with E-state index >= 15 is 0 Å². The van der Waals surface area contributed by atoms with Crippen LogP contribution in [0.25, 0.3) is 0 Å². The molecule has 2 aromatic rings. The molecule has 0 spiro atoms. The molecule has 1 N–H and O–H groups in total. The summed E-state index contributed by atoms with van der Waals surface area (Å²) >= 11 is 0. The predicted octanol–water partition coefficient (Wildman–Crippen LogP) is 2.15. The van der Waals surface area contributed by atoms with Crippen LogP contribution < -0.4 is 10.1 Å². The summed E-state index contributed by atoms with van der Waals surface area (Å²) in [6, 6.07) is 17.1. The van der Waals surface area contributed by atoms with Crippen molar-refractivity contribution in [2.24, 2.45) is 0 Å². The molecular formula is C19H22N2O3. The number of nitrogens with one attached hydrogen (secondary N) is 1. The number of benzene rings is 2. The molecule has 0 aromatic heterocycles. The molecule has 5 heteroatoms. The van der Waals surface area contributed by atoms with Crippen molar-refractivity contribution in [2.75, 3.05) is 20.2 Å². The van der Waals surface area contributed by atoms with E-state index in [9.17, 15) is 9.59 Å². The van der Waals surface area contributed by atoms with Crippen LogP contribution in [0, 0.1) is 6.92 Å². The lowest BCUT2D eigenvalue weighted by Gasteiger charge is -2.17. The average molecular weight is 326 g/mol. The lowest BCUT2D eigenvalue weighted by Crippen LogP contribution is -2.39. The highest BCUT2D eigenvalue weighted by molar-refractivity contribution is 5.85. The number of aryl methyl sites for hydroxylation is 1. The maximum atomic E-state index is 12.0. The van der Waals surface area contributed by atoms with Gasteiger partial charge < -0.3 is 15.0 Å². The van der Waals surface area contributed by atoms with E-state index in [4.69, 9.17) is 4.74 Å². The van der Waals surface area contributed by atoms with Crippen LogP contribution in [-0.4, -0.2) is 36.9 Å². The standard InChI is InChI=1S/C19H22N2O3/c1-15-8-10-17(11-9-15)24-14-18(22)20-12-19(23)21(2)13-16-6-4-3-5-7-16/h3-11H,12-14H2,1-2H3,(H,20,22). The summed E-state index contributed by atoms with van der Waals surface area (Å²) in [4.78, 5) is 25.4. The van der Waals surface area contributed by atoms with Gasteiger partial charge in [-0.05, 0) is 24.6 Å². The van der Waals surface area contributed by atoms with E-state index in [1.165, 1.54) is 0 Å². The second kappa shape index (κ2) is 8.72. The Balaban J connectivity index is 1.70. The van der Waals surface area contributed by atoms with Gasteiger partial charge in [-0.2, -0.15) is 0 Å². The van der Waals surface area contributed by atoms with Gasteiger partial charge in [0.1, 0.15) is 5.75 Å². The number of rotatable bonds is 7. The Hall–Kier alpha value is -2.82. The van der Waals surface area contributed by atoms with E-state index in [-0.39, 0.29) is 25.0 Å². The van der Waals surface area contributed by atoms with Crippen LogP contribution in [0.5, 0.6) is 5.75 Å². The Morgan fingerprint density at radius 3 is 2.38 bits per heavy atom. The zero-order valence-corrected chi connectivity index (χ0v) is 14.0. The third-order valence-corrected chi connectivity index (χ3v) is 3.52. The normalized spacial score (nSPS) is 10.1. The fourth-order valence-electron chi connectivity index (χ4n) is 2.09. The summed E-state index contributed by atoms with van der Waals surface area (Å²) in [6.45, 7) is 2.33. The highest BCUT2D eigenvalue weighted by atomic mass is 16.5. The quantitative estimate of drug-likeness (QED) is 0.848. The molecule has 0 saturated carbocycles. The van der Waals surface area contributed by atoms with Crippen molar-refractivity contribution in [1.29, 1.82) is 0 Å². The molecule has 0 saturated heterocycles. The predicted molar refractivity (Wildman–Crippen MR) is 92.6 cm³/mol. The van der Waals surface area contributed by atoms with Gasteiger partial charge in [0.15, 0.2) is 6.61 Å². The number of carbonyl (C=O) groups excluding carboxylic acids is 2. The van der Waals surface area contributed by atoms with Gasteiger partial charge in [-0.15, -0.1) is 0 Å². The Labute approximate surface area is 142 Å². The molecular weight excluding hydrogens is 304 g/mol.